The van der Waals surface area contributed by atoms with E-state index in [0.717, 1.165) is 49.6 Å². The van der Waals surface area contributed by atoms with Crippen molar-refractivity contribution in [1.82, 2.24) is 19.6 Å². The van der Waals surface area contributed by atoms with E-state index in [1.165, 1.54) is 6.07 Å². The van der Waals surface area contributed by atoms with Crippen LogP contribution in [0.3, 0.4) is 0 Å². The highest BCUT2D eigenvalue weighted by atomic mass is 16.6. The van der Waals surface area contributed by atoms with Gasteiger partial charge in [0.2, 0.25) is 0 Å². The van der Waals surface area contributed by atoms with Crippen molar-refractivity contribution in [2.24, 2.45) is 0 Å². The zero-order valence-electron chi connectivity index (χ0n) is 17.1. The average Bonchev–Trinajstić information content (AvgIpc) is 2.92. The minimum absolute atomic E-state index is 0.0394. The number of methoxy groups -OCH3 is 2. The molecule has 0 amide bonds. The van der Waals surface area contributed by atoms with E-state index in [4.69, 9.17) is 14.5 Å². The highest BCUT2D eigenvalue weighted by Crippen LogP contribution is 2.34. The highest BCUT2D eigenvalue weighted by Gasteiger charge is 2.21. The lowest BCUT2D eigenvalue weighted by Gasteiger charge is -2.20. The summed E-state index contributed by atoms with van der Waals surface area (Å²) < 4.78 is 12.7. The Bertz CT molecular complexity index is 1060. The van der Waals surface area contributed by atoms with E-state index >= 15 is 0 Å². The van der Waals surface area contributed by atoms with Crippen LogP contribution >= 0.6 is 0 Å². The number of pyridine rings is 1. The fourth-order valence-electron chi connectivity index (χ4n) is 3.83. The van der Waals surface area contributed by atoms with Crippen LogP contribution in [0, 0.1) is 10.1 Å². The minimum atomic E-state index is -0.380. The van der Waals surface area contributed by atoms with Crippen LogP contribution in [-0.4, -0.2) is 59.6 Å². The third kappa shape index (κ3) is 3.94. The van der Waals surface area contributed by atoms with Crippen LogP contribution < -0.4 is 14.8 Å². The maximum absolute atomic E-state index is 11.3. The molecule has 1 fully saturated rings. The first-order valence-corrected chi connectivity index (χ1v) is 9.91. The van der Waals surface area contributed by atoms with Crippen molar-refractivity contribution in [3.05, 3.63) is 52.3 Å². The number of hydrogen-bond donors (Lipinski definition) is 1. The summed E-state index contributed by atoms with van der Waals surface area (Å²) in [5.74, 6) is 1.25. The van der Waals surface area contributed by atoms with E-state index in [9.17, 15) is 10.1 Å². The summed E-state index contributed by atoms with van der Waals surface area (Å²) in [6.07, 6.45) is 2.61. The highest BCUT2D eigenvalue weighted by molar-refractivity contribution is 5.70. The molecule has 0 spiro atoms. The summed E-state index contributed by atoms with van der Waals surface area (Å²) in [7, 11) is 3.19. The van der Waals surface area contributed by atoms with Crippen molar-refractivity contribution in [2.75, 3.05) is 40.4 Å². The molecule has 1 saturated heterocycles. The summed E-state index contributed by atoms with van der Waals surface area (Å²) >= 11 is 0. The van der Waals surface area contributed by atoms with Crippen LogP contribution in [0.25, 0.3) is 16.9 Å². The van der Waals surface area contributed by atoms with Gasteiger partial charge in [0.25, 0.3) is 5.69 Å². The first-order chi connectivity index (χ1) is 14.6. The molecule has 30 heavy (non-hydrogen) atoms. The minimum Gasteiger partial charge on any atom is -0.493 e. The maximum atomic E-state index is 11.3. The fourth-order valence-corrected chi connectivity index (χ4v) is 3.83. The number of imidazole rings is 1. The SMILES string of the molecule is COc1ccc(-c2nc3ccc([N+](=O)[O-])cn3c2CN2CCCNCC2)cc1OC. The number of nitrogens with one attached hydrogen (secondary N) is 1. The largest absolute Gasteiger partial charge is 0.493 e. The Labute approximate surface area is 174 Å². The van der Waals surface area contributed by atoms with E-state index in [1.54, 1.807) is 26.5 Å². The molecule has 0 aliphatic carbocycles. The molecule has 4 rings (SSSR count). The predicted octanol–water partition coefficient (Wildman–Crippen LogP) is 2.72. The van der Waals surface area contributed by atoms with Crippen LogP contribution in [0.15, 0.2) is 36.5 Å². The van der Waals surface area contributed by atoms with Gasteiger partial charge >= 0.3 is 0 Å². The molecule has 3 heterocycles. The lowest BCUT2D eigenvalue weighted by Crippen LogP contribution is -2.28. The van der Waals surface area contributed by atoms with Crippen LogP contribution in [0.5, 0.6) is 11.5 Å². The Hall–Kier alpha value is -3.17. The van der Waals surface area contributed by atoms with Crippen molar-refractivity contribution in [2.45, 2.75) is 13.0 Å². The average molecular weight is 411 g/mol. The van der Waals surface area contributed by atoms with Crippen LogP contribution in [-0.2, 0) is 6.54 Å². The standard InChI is InChI=1S/C21H25N5O4/c1-29-18-6-4-15(12-19(18)30-2)21-17(14-24-10-3-8-22-9-11-24)25-13-16(26(27)28)5-7-20(25)23-21/h4-7,12-13,22H,3,8-11,14H2,1-2H3. The molecule has 0 unspecified atom stereocenters. The van der Waals surface area contributed by atoms with E-state index in [-0.39, 0.29) is 10.6 Å². The van der Waals surface area contributed by atoms with Crippen molar-refractivity contribution in [3.8, 4) is 22.8 Å². The van der Waals surface area contributed by atoms with Gasteiger partial charge in [0, 0.05) is 31.3 Å². The van der Waals surface area contributed by atoms with Gasteiger partial charge in [-0.05, 0) is 43.8 Å². The molecule has 2 aromatic heterocycles. The molecule has 0 radical (unpaired) electrons. The number of nitrogens with zero attached hydrogens (tertiary/aromatic N) is 4. The molecule has 9 nitrogen and oxygen atoms in total. The predicted molar refractivity (Wildman–Crippen MR) is 113 cm³/mol. The lowest BCUT2D eigenvalue weighted by atomic mass is 10.1. The summed E-state index contributed by atoms with van der Waals surface area (Å²) in [5.41, 5.74) is 3.30. The first kappa shape index (κ1) is 20.1. The molecule has 1 N–H and O–H groups in total. The van der Waals surface area contributed by atoms with Crippen molar-refractivity contribution < 1.29 is 14.4 Å². The Morgan fingerprint density at radius 3 is 2.73 bits per heavy atom. The summed E-state index contributed by atoms with van der Waals surface area (Å²) in [6.45, 7) is 4.43. The third-order valence-electron chi connectivity index (χ3n) is 5.38. The molecule has 0 bridgehead atoms. The van der Waals surface area contributed by atoms with E-state index < -0.39 is 0 Å². The molecule has 3 aromatic rings. The third-order valence-corrected chi connectivity index (χ3v) is 5.38. The van der Waals surface area contributed by atoms with Gasteiger partial charge in [-0.2, -0.15) is 0 Å². The van der Waals surface area contributed by atoms with Gasteiger partial charge in [0.1, 0.15) is 5.65 Å². The number of hydrogen-bond acceptors (Lipinski definition) is 7. The molecule has 1 aliphatic heterocycles. The molecule has 0 saturated carbocycles. The first-order valence-electron chi connectivity index (χ1n) is 9.91. The number of benzene rings is 1. The zero-order valence-corrected chi connectivity index (χ0v) is 17.1. The van der Waals surface area contributed by atoms with Gasteiger partial charge in [-0.25, -0.2) is 4.98 Å². The van der Waals surface area contributed by atoms with Crippen molar-refractivity contribution in [1.29, 1.82) is 0 Å². The lowest BCUT2D eigenvalue weighted by molar-refractivity contribution is -0.385. The Morgan fingerprint density at radius 1 is 1.13 bits per heavy atom. The number of fused-ring (bicyclic) bond motifs is 1. The second-order valence-corrected chi connectivity index (χ2v) is 7.23. The Kier molecular flexibility index (Phi) is 5.82. The topological polar surface area (TPSA) is 94.2 Å². The molecule has 0 atom stereocenters. The number of rotatable bonds is 6. The van der Waals surface area contributed by atoms with Crippen molar-refractivity contribution >= 4 is 11.3 Å². The van der Waals surface area contributed by atoms with Gasteiger partial charge in [-0.3, -0.25) is 19.4 Å². The van der Waals surface area contributed by atoms with Gasteiger partial charge < -0.3 is 14.8 Å². The summed E-state index contributed by atoms with van der Waals surface area (Å²) in [4.78, 5) is 18.1. The fraction of sp³-hybridized carbons (Fsp3) is 0.381. The monoisotopic (exact) mass is 411 g/mol. The van der Waals surface area contributed by atoms with Crippen molar-refractivity contribution in [3.63, 3.8) is 0 Å². The van der Waals surface area contributed by atoms with Gasteiger partial charge in [-0.1, -0.05) is 0 Å². The smallest absolute Gasteiger partial charge is 0.286 e. The Morgan fingerprint density at radius 2 is 1.97 bits per heavy atom. The second-order valence-electron chi connectivity index (χ2n) is 7.23. The quantitative estimate of drug-likeness (QED) is 0.492. The summed E-state index contributed by atoms with van der Waals surface area (Å²) in [6, 6.07) is 8.85. The molecule has 158 valence electrons. The van der Waals surface area contributed by atoms with Gasteiger partial charge in [-0.15, -0.1) is 0 Å². The molecule has 1 aromatic carbocycles. The Balaban J connectivity index is 1.84. The summed E-state index contributed by atoms with van der Waals surface area (Å²) in [5, 5.41) is 14.8. The maximum Gasteiger partial charge on any atom is 0.286 e. The van der Waals surface area contributed by atoms with Crippen LogP contribution in [0.2, 0.25) is 0 Å². The van der Waals surface area contributed by atoms with Crippen LogP contribution in [0.4, 0.5) is 5.69 Å². The number of ether oxygens (including phenoxy) is 2. The van der Waals surface area contributed by atoms with E-state index in [2.05, 4.69) is 10.2 Å². The molecular weight excluding hydrogens is 386 g/mol. The normalized spacial score (nSPS) is 15.1. The molecule has 9 heteroatoms. The van der Waals surface area contributed by atoms with E-state index in [1.807, 2.05) is 22.6 Å². The second kappa shape index (κ2) is 8.68. The van der Waals surface area contributed by atoms with Gasteiger partial charge in [0.05, 0.1) is 36.7 Å². The molecule has 1 aliphatic rings. The number of aromatic nitrogens is 2. The number of nitro groups is 1. The van der Waals surface area contributed by atoms with Crippen LogP contribution in [0.1, 0.15) is 12.1 Å². The van der Waals surface area contributed by atoms with E-state index in [0.29, 0.717) is 23.7 Å². The molecular formula is C21H25N5O4. The zero-order chi connectivity index (χ0) is 21.1. The van der Waals surface area contributed by atoms with Gasteiger partial charge in [0.15, 0.2) is 11.5 Å².